The summed E-state index contributed by atoms with van der Waals surface area (Å²) in [6.45, 7) is 11.1. The molecule has 3 heteroatoms. The lowest BCUT2D eigenvalue weighted by atomic mass is 10.1. The maximum Gasteiger partial charge on any atom is 0.127 e. The average Bonchev–Trinajstić information content (AvgIpc) is 2.50. The van der Waals surface area contributed by atoms with Crippen molar-refractivity contribution in [3.8, 4) is 0 Å². The van der Waals surface area contributed by atoms with Crippen molar-refractivity contribution in [2.75, 3.05) is 19.6 Å². The first kappa shape index (κ1) is 18.1. The van der Waals surface area contributed by atoms with Crippen LogP contribution in [0.15, 0.2) is 18.2 Å². The van der Waals surface area contributed by atoms with Gasteiger partial charge >= 0.3 is 0 Å². The molecular formula is C18H31FN2. The van der Waals surface area contributed by atoms with Gasteiger partial charge in [0.15, 0.2) is 0 Å². The predicted octanol–water partition coefficient (Wildman–Crippen LogP) is 4.34. The number of hydrogen-bond acceptors (Lipinski definition) is 2. The second-order valence-electron chi connectivity index (χ2n) is 5.69. The first-order chi connectivity index (χ1) is 10.2. The Kier molecular flexibility index (Phi) is 9.27. The van der Waals surface area contributed by atoms with Gasteiger partial charge in [-0.1, -0.05) is 45.7 Å². The van der Waals surface area contributed by atoms with Crippen LogP contribution in [0, 0.1) is 5.82 Å². The van der Waals surface area contributed by atoms with Crippen LogP contribution in [-0.4, -0.2) is 24.5 Å². The van der Waals surface area contributed by atoms with Crippen LogP contribution in [0.2, 0.25) is 0 Å². The van der Waals surface area contributed by atoms with Crippen molar-refractivity contribution in [1.82, 2.24) is 10.2 Å². The maximum atomic E-state index is 14.0. The third-order valence-corrected chi connectivity index (χ3v) is 3.74. The van der Waals surface area contributed by atoms with Crippen molar-refractivity contribution in [2.24, 2.45) is 0 Å². The van der Waals surface area contributed by atoms with E-state index in [2.05, 4.69) is 31.0 Å². The predicted molar refractivity (Wildman–Crippen MR) is 88.9 cm³/mol. The Morgan fingerprint density at radius 1 is 1.05 bits per heavy atom. The number of halogens is 1. The van der Waals surface area contributed by atoms with E-state index in [-0.39, 0.29) is 5.82 Å². The molecule has 0 aliphatic rings. The molecule has 0 aliphatic carbocycles. The standard InChI is InChI=1S/C18H31FN2/c1-4-7-11-21(12-8-5-2)15-17-13-16(14-20-6-3)9-10-18(17)19/h9-10,13,20H,4-8,11-12,14-15H2,1-3H3. The summed E-state index contributed by atoms with van der Waals surface area (Å²) >= 11 is 0. The highest BCUT2D eigenvalue weighted by molar-refractivity contribution is 5.25. The molecular weight excluding hydrogens is 263 g/mol. The normalized spacial score (nSPS) is 11.3. The zero-order valence-electron chi connectivity index (χ0n) is 13.9. The van der Waals surface area contributed by atoms with Gasteiger partial charge in [0.2, 0.25) is 0 Å². The summed E-state index contributed by atoms with van der Waals surface area (Å²) in [6, 6.07) is 5.51. The highest BCUT2D eigenvalue weighted by Crippen LogP contribution is 2.14. The Labute approximate surface area is 129 Å². The Hall–Kier alpha value is -0.930. The summed E-state index contributed by atoms with van der Waals surface area (Å²) in [7, 11) is 0. The molecule has 0 unspecified atom stereocenters. The molecule has 0 fully saturated rings. The van der Waals surface area contributed by atoms with Gasteiger partial charge < -0.3 is 5.32 Å². The van der Waals surface area contributed by atoms with Gasteiger partial charge in [-0.2, -0.15) is 0 Å². The molecule has 0 radical (unpaired) electrons. The van der Waals surface area contributed by atoms with Crippen LogP contribution in [0.3, 0.4) is 0 Å². The average molecular weight is 294 g/mol. The number of rotatable bonds is 11. The lowest BCUT2D eigenvalue weighted by Crippen LogP contribution is -2.26. The minimum atomic E-state index is -0.0757. The minimum absolute atomic E-state index is 0.0757. The molecule has 1 N–H and O–H groups in total. The number of nitrogens with one attached hydrogen (secondary N) is 1. The lowest BCUT2D eigenvalue weighted by Gasteiger charge is -2.22. The molecule has 0 spiro atoms. The molecule has 0 saturated heterocycles. The van der Waals surface area contributed by atoms with Gasteiger partial charge in [0.25, 0.3) is 0 Å². The van der Waals surface area contributed by atoms with Crippen LogP contribution in [0.5, 0.6) is 0 Å². The van der Waals surface area contributed by atoms with Crippen molar-refractivity contribution < 1.29 is 4.39 Å². The second kappa shape index (κ2) is 10.7. The van der Waals surface area contributed by atoms with E-state index in [1.165, 1.54) is 31.2 Å². The quantitative estimate of drug-likeness (QED) is 0.653. The number of hydrogen-bond donors (Lipinski definition) is 1. The van der Waals surface area contributed by atoms with Crippen LogP contribution in [0.25, 0.3) is 0 Å². The molecule has 1 aromatic carbocycles. The largest absolute Gasteiger partial charge is 0.313 e. The molecule has 1 aromatic rings. The van der Waals surface area contributed by atoms with Crippen molar-refractivity contribution in [1.29, 1.82) is 0 Å². The SMILES string of the molecule is CCCCN(CCCC)Cc1cc(CNCC)ccc1F. The summed E-state index contributed by atoms with van der Waals surface area (Å²) in [5.41, 5.74) is 2.00. The van der Waals surface area contributed by atoms with E-state index < -0.39 is 0 Å². The fourth-order valence-electron chi connectivity index (χ4n) is 2.40. The van der Waals surface area contributed by atoms with E-state index in [0.29, 0.717) is 0 Å². The maximum absolute atomic E-state index is 14.0. The first-order valence-corrected chi connectivity index (χ1v) is 8.41. The van der Waals surface area contributed by atoms with Crippen molar-refractivity contribution >= 4 is 0 Å². The molecule has 0 aromatic heterocycles. The summed E-state index contributed by atoms with van der Waals surface area (Å²) < 4.78 is 14.0. The fourth-order valence-corrected chi connectivity index (χ4v) is 2.40. The van der Waals surface area contributed by atoms with E-state index in [0.717, 1.165) is 38.3 Å². The van der Waals surface area contributed by atoms with Crippen LogP contribution >= 0.6 is 0 Å². The number of benzene rings is 1. The van der Waals surface area contributed by atoms with Gasteiger partial charge in [0.1, 0.15) is 5.82 Å². The molecule has 21 heavy (non-hydrogen) atoms. The third-order valence-electron chi connectivity index (χ3n) is 3.74. The summed E-state index contributed by atoms with van der Waals surface area (Å²) in [6.07, 6.45) is 4.74. The van der Waals surface area contributed by atoms with Crippen LogP contribution in [-0.2, 0) is 13.1 Å². The third kappa shape index (κ3) is 7.05. The van der Waals surface area contributed by atoms with E-state index in [4.69, 9.17) is 0 Å². The first-order valence-electron chi connectivity index (χ1n) is 8.41. The molecule has 0 bridgehead atoms. The molecule has 120 valence electrons. The topological polar surface area (TPSA) is 15.3 Å². The highest BCUT2D eigenvalue weighted by Gasteiger charge is 2.10. The lowest BCUT2D eigenvalue weighted by molar-refractivity contribution is 0.253. The van der Waals surface area contributed by atoms with E-state index in [9.17, 15) is 4.39 Å². The number of nitrogens with zero attached hydrogens (tertiary/aromatic N) is 1. The van der Waals surface area contributed by atoms with Gasteiger partial charge in [-0.15, -0.1) is 0 Å². The van der Waals surface area contributed by atoms with E-state index in [1.807, 2.05) is 12.1 Å². The summed E-state index contributed by atoms with van der Waals surface area (Å²) in [4.78, 5) is 2.39. The Morgan fingerprint density at radius 3 is 2.29 bits per heavy atom. The van der Waals surface area contributed by atoms with Gasteiger partial charge in [-0.3, -0.25) is 4.90 Å². The smallest absolute Gasteiger partial charge is 0.127 e. The van der Waals surface area contributed by atoms with Gasteiger partial charge in [-0.25, -0.2) is 4.39 Å². The Balaban J connectivity index is 2.70. The second-order valence-corrected chi connectivity index (χ2v) is 5.69. The van der Waals surface area contributed by atoms with Crippen molar-refractivity contribution in [3.63, 3.8) is 0 Å². The van der Waals surface area contributed by atoms with Crippen LogP contribution in [0.1, 0.15) is 57.6 Å². The molecule has 0 saturated carbocycles. The van der Waals surface area contributed by atoms with Gasteiger partial charge in [0, 0.05) is 18.7 Å². The minimum Gasteiger partial charge on any atom is -0.313 e. The molecule has 0 amide bonds. The Bertz CT molecular complexity index is 385. The van der Waals surface area contributed by atoms with Crippen molar-refractivity contribution in [2.45, 2.75) is 59.5 Å². The highest BCUT2D eigenvalue weighted by atomic mass is 19.1. The number of unbranched alkanes of at least 4 members (excludes halogenated alkanes) is 2. The molecule has 0 heterocycles. The van der Waals surface area contributed by atoms with E-state index >= 15 is 0 Å². The van der Waals surface area contributed by atoms with Crippen LogP contribution < -0.4 is 5.32 Å². The molecule has 0 aliphatic heterocycles. The summed E-state index contributed by atoms with van der Waals surface area (Å²) in [5, 5.41) is 3.30. The van der Waals surface area contributed by atoms with Gasteiger partial charge in [-0.05, 0) is 44.1 Å². The van der Waals surface area contributed by atoms with Gasteiger partial charge in [0.05, 0.1) is 0 Å². The molecule has 1 rings (SSSR count). The summed E-state index contributed by atoms with van der Waals surface area (Å²) in [5.74, 6) is -0.0757. The monoisotopic (exact) mass is 294 g/mol. The van der Waals surface area contributed by atoms with Crippen molar-refractivity contribution in [3.05, 3.63) is 35.1 Å². The Morgan fingerprint density at radius 2 is 1.71 bits per heavy atom. The molecule has 2 nitrogen and oxygen atoms in total. The zero-order valence-corrected chi connectivity index (χ0v) is 13.9. The van der Waals surface area contributed by atoms with E-state index in [1.54, 1.807) is 6.07 Å². The van der Waals surface area contributed by atoms with Crippen LogP contribution in [0.4, 0.5) is 4.39 Å². The zero-order chi connectivity index (χ0) is 15.5. The fraction of sp³-hybridized carbons (Fsp3) is 0.667. The molecule has 0 atom stereocenters.